The minimum absolute atomic E-state index is 0.0298. The van der Waals surface area contributed by atoms with Crippen molar-refractivity contribution in [2.24, 2.45) is 0 Å². The summed E-state index contributed by atoms with van der Waals surface area (Å²) in [5.74, 6) is -1.09. The molecule has 0 radical (unpaired) electrons. The Balaban J connectivity index is 2.13. The van der Waals surface area contributed by atoms with E-state index in [1.807, 2.05) is 0 Å². The number of imidazole rings is 1. The number of carboxylic acid groups (broad SMARTS) is 1. The van der Waals surface area contributed by atoms with E-state index in [9.17, 15) is 18.0 Å². The summed E-state index contributed by atoms with van der Waals surface area (Å²) < 4.78 is 40.3. The summed E-state index contributed by atoms with van der Waals surface area (Å²) in [7, 11) is 0. The highest BCUT2D eigenvalue weighted by Crippen LogP contribution is 2.37. The zero-order valence-corrected chi connectivity index (χ0v) is 11.1. The number of halogens is 3. The van der Waals surface area contributed by atoms with Gasteiger partial charge >= 0.3 is 12.1 Å². The summed E-state index contributed by atoms with van der Waals surface area (Å²) in [6, 6.07) is 5.15. The molecule has 8 heteroatoms. The molecule has 1 aromatic carbocycles. The van der Waals surface area contributed by atoms with E-state index in [2.05, 4.69) is 4.98 Å². The molecule has 0 amide bonds. The zero-order valence-electron chi connectivity index (χ0n) is 10.3. The molecule has 0 aliphatic rings. The first-order chi connectivity index (χ1) is 9.86. The summed E-state index contributed by atoms with van der Waals surface area (Å²) in [6.07, 6.45) is -1.75. The molecule has 0 atom stereocenters. The van der Waals surface area contributed by atoms with Crippen LogP contribution in [0.1, 0.15) is 15.2 Å². The van der Waals surface area contributed by atoms with Crippen LogP contribution in [-0.4, -0.2) is 20.5 Å². The lowest BCUT2D eigenvalue weighted by atomic mass is 10.1. The van der Waals surface area contributed by atoms with Crippen LogP contribution >= 0.6 is 11.3 Å². The molecular formula is C13H7F3N2O2S. The average molecular weight is 312 g/mol. The molecule has 3 rings (SSSR count). The Labute approximate surface area is 120 Å². The van der Waals surface area contributed by atoms with Gasteiger partial charge in [0.25, 0.3) is 0 Å². The van der Waals surface area contributed by atoms with Crippen molar-refractivity contribution >= 4 is 22.3 Å². The smallest absolute Gasteiger partial charge is 0.417 e. The van der Waals surface area contributed by atoms with Gasteiger partial charge in [0, 0.05) is 18.0 Å². The van der Waals surface area contributed by atoms with Crippen LogP contribution in [0.25, 0.3) is 16.2 Å². The Kier molecular flexibility index (Phi) is 2.98. The van der Waals surface area contributed by atoms with Crippen molar-refractivity contribution < 1.29 is 23.1 Å². The average Bonchev–Trinajstić information content (AvgIpc) is 2.95. The van der Waals surface area contributed by atoms with Crippen LogP contribution in [0.3, 0.4) is 0 Å². The fourth-order valence-electron chi connectivity index (χ4n) is 1.98. The SMILES string of the molecule is O=C(O)c1cn2cc(-c3ccccc3C(F)(F)F)nc2s1. The van der Waals surface area contributed by atoms with Crippen LogP contribution in [-0.2, 0) is 6.18 Å². The van der Waals surface area contributed by atoms with Gasteiger partial charge in [-0.2, -0.15) is 13.2 Å². The maximum Gasteiger partial charge on any atom is 0.417 e. The zero-order chi connectivity index (χ0) is 15.2. The molecule has 0 unspecified atom stereocenters. The van der Waals surface area contributed by atoms with E-state index < -0.39 is 17.7 Å². The Morgan fingerprint density at radius 3 is 2.57 bits per heavy atom. The highest BCUT2D eigenvalue weighted by Gasteiger charge is 2.34. The van der Waals surface area contributed by atoms with Crippen LogP contribution in [0.5, 0.6) is 0 Å². The predicted molar refractivity (Wildman–Crippen MR) is 70.5 cm³/mol. The summed E-state index contributed by atoms with van der Waals surface area (Å²) in [4.78, 5) is 15.3. The third-order valence-electron chi connectivity index (χ3n) is 2.88. The molecule has 0 saturated carbocycles. The van der Waals surface area contributed by atoms with Crippen LogP contribution in [0, 0.1) is 0 Å². The molecule has 21 heavy (non-hydrogen) atoms. The number of aromatic carboxylic acids is 1. The lowest BCUT2D eigenvalue weighted by Crippen LogP contribution is -2.06. The van der Waals surface area contributed by atoms with Crippen LogP contribution in [0.4, 0.5) is 13.2 Å². The van der Waals surface area contributed by atoms with E-state index in [0.29, 0.717) is 4.96 Å². The van der Waals surface area contributed by atoms with Gasteiger partial charge in [0.15, 0.2) is 4.96 Å². The van der Waals surface area contributed by atoms with E-state index in [1.54, 1.807) is 0 Å². The van der Waals surface area contributed by atoms with Gasteiger partial charge in [0.05, 0.1) is 11.3 Å². The summed E-state index contributed by atoms with van der Waals surface area (Å²) in [5, 5.41) is 8.86. The van der Waals surface area contributed by atoms with Gasteiger partial charge in [-0.05, 0) is 6.07 Å². The Bertz CT molecular complexity index is 804. The number of thiazole rings is 1. The fraction of sp³-hybridized carbons (Fsp3) is 0.0769. The second-order valence-electron chi connectivity index (χ2n) is 4.26. The summed E-state index contributed by atoms with van der Waals surface area (Å²) in [5.41, 5.74) is -0.641. The number of hydrogen-bond acceptors (Lipinski definition) is 3. The van der Waals surface area contributed by atoms with Gasteiger partial charge in [0.2, 0.25) is 0 Å². The fourth-order valence-corrected chi connectivity index (χ4v) is 2.78. The molecule has 3 aromatic rings. The van der Waals surface area contributed by atoms with Crippen LogP contribution in [0.15, 0.2) is 36.7 Å². The van der Waals surface area contributed by atoms with Crippen molar-refractivity contribution in [3.8, 4) is 11.3 Å². The quantitative estimate of drug-likeness (QED) is 0.783. The number of rotatable bonds is 2. The minimum atomic E-state index is -4.47. The van der Waals surface area contributed by atoms with E-state index in [0.717, 1.165) is 17.4 Å². The number of alkyl halides is 3. The minimum Gasteiger partial charge on any atom is -0.477 e. The van der Waals surface area contributed by atoms with Crippen molar-refractivity contribution in [1.29, 1.82) is 0 Å². The van der Waals surface area contributed by atoms with Crippen LogP contribution < -0.4 is 0 Å². The molecule has 0 saturated heterocycles. The lowest BCUT2D eigenvalue weighted by molar-refractivity contribution is -0.137. The van der Waals surface area contributed by atoms with Gasteiger partial charge in [-0.15, -0.1) is 0 Å². The number of aromatic nitrogens is 2. The molecule has 0 aliphatic heterocycles. The van der Waals surface area contributed by atoms with Crippen molar-refractivity contribution in [3.63, 3.8) is 0 Å². The molecule has 108 valence electrons. The first-order valence-electron chi connectivity index (χ1n) is 5.74. The number of hydrogen-bond donors (Lipinski definition) is 1. The van der Waals surface area contributed by atoms with E-state index in [-0.39, 0.29) is 16.1 Å². The Morgan fingerprint density at radius 1 is 1.24 bits per heavy atom. The Hall–Kier alpha value is -2.35. The molecule has 1 N–H and O–H groups in total. The van der Waals surface area contributed by atoms with Gasteiger partial charge in [-0.25, -0.2) is 9.78 Å². The normalized spacial score (nSPS) is 12.0. The van der Waals surface area contributed by atoms with Gasteiger partial charge in [-0.1, -0.05) is 29.5 Å². The van der Waals surface area contributed by atoms with Crippen LogP contribution in [0.2, 0.25) is 0 Å². The molecular weight excluding hydrogens is 305 g/mol. The van der Waals surface area contributed by atoms with Gasteiger partial charge < -0.3 is 5.11 Å². The predicted octanol–water partition coefficient (Wildman–Crippen LogP) is 3.78. The first-order valence-corrected chi connectivity index (χ1v) is 6.56. The van der Waals surface area contributed by atoms with Gasteiger partial charge in [-0.3, -0.25) is 4.40 Å². The van der Waals surface area contributed by atoms with E-state index in [4.69, 9.17) is 5.11 Å². The third-order valence-corrected chi connectivity index (χ3v) is 3.86. The molecule has 4 nitrogen and oxygen atoms in total. The molecule has 0 fully saturated rings. The molecule has 0 aliphatic carbocycles. The molecule has 0 spiro atoms. The second-order valence-corrected chi connectivity index (χ2v) is 5.27. The molecule has 2 aromatic heterocycles. The first kappa shape index (κ1) is 13.6. The van der Waals surface area contributed by atoms with E-state index in [1.165, 1.54) is 35.0 Å². The standard InChI is InChI=1S/C13H7F3N2O2S/c14-13(15,16)8-4-2-1-3-7(8)9-5-18-6-10(11(19)20)21-12(18)17-9/h1-6H,(H,19,20). The highest BCUT2D eigenvalue weighted by molar-refractivity contribution is 7.18. The number of carbonyl (C=O) groups is 1. The molecule has 0 bridgehead atoms. The molecule has 2 heterocycles. The van der Waals surface area contributed by atoms with E-state index >= 15 is 0 Å². The summed E-state index contributed by atoms with van der Waals surface area (Å²) in [6.45, 7) is 0. The van der Waals surface area contributed by atoms with Gasteiger partial charge in [0.1, 0.15) is 4.88 Å². The summed E-state index contributed by atoms with van der Waals surface area (Å²) >= 11 is 0.905. The third kappa shape index (κ3) is 2.38. The monoisotopic (exact) mass is 312 g/mol. The Morgan fingerprint density at radius 2 is 1.95 bits per heavy atom. The second kappa shape index (κ2) is 4.59. The number of benzene rings is 1. The topological polar surface area (TPSA) is 54.6 Å². The number of fused-ring (bicyclic) bond motifs is 1. The van der Waals surface area contributed by atoms with Crippen molar-refractivity contribution in [1.82, 2.24) is 9.38 Å². The number of nitrogens with zero attached hydrogens (tertiary/aromatic N) is 2. The maximum absolute atomic E-state index is 13.0. The highest BCUT2D eigenvalue weighted by atomic mass is 32.1. The lowest BCUT2D eigenvalue weighted by Gasteiger charge is -2.10. The largest absolute Gasteiger partial charge is 0.477 e. The van der Waals surface area contributed by atoms with Crippen molar-refractivity contribution in [3.05, 3.63) is 47.1 Å². The maximum atomic E-state index is 13.0. The van der Waals surface area contributed by atoms with Crippen molar-refractivity contribution in [2.45, 2.75) is 6.18 Å². The number of carboxylic acids is 1. The van der Waals surface area contributed by atoms with Crippen molar-refractivity contribution in [2.75, 3.05) is 0 Å².